The third-order valence-corrected chi connectivity index (χ3v) is 6.23. The lowest BCUT2D eigenvalue weighted by molar-refractivity contribution is 0.0692. The van der Waals surface area contributed by atoms with Gasteiger partial charge in [-0.15, -0.1) is 0 Å². The van der Waals surface area contributed by atoms with E-state index in [1.54, 1.807) is 16.6 Å². The highest BCUT2D eigenvalue weighted by Crippen LogP contribution is 2.33. The number of rotatable bonds is 3. The summed E-state index contributed by atoms with van der Waals surface area (Å²) in [6.07, 6.45) is 4.92. The Hall–Kier alpha value is -2.47. The largest absolute Gasteiger partial charge is 0.335 e. The van der Waals surface area contributed by atoms with E-state index >= 15 is 0 Å². The van der Waals surface area contributed by atoms with Crippen LogP contribution in [0.15, 0.2) is 24.3 Å². The number of hydrogen-bond acceptors (Lipinski definition) is 3. The van der Waals surface area contributed by atoms with E-state index in [9.17, 15) is 9.18 Å². The molecule has 5 nitrogen and oxygen atoms in total. The van der Waals surface area contributed by atoms with E-state index in [1.807, 2.05) is 24.8 Å². The highest BCUT2D eigenvalue weighted by molar-refractivity contribution is 6.36. The van der Waals surface area contributed by atoms with Crippen LogP contribution in [0.1, 0.15) is 61.3 Å². The van der Waals surface area contributed by atoms with Crippen molar-refractivity contribution in [1.29, 1.82) is 0 Å². The maximum atomic E-state index is 14.6. The van der Waals surface area contributed by atoms with Crippen molar-refractivity contribution in [3.05, 3.63) is 52.1 Å². The molecule has 1 amide bonds. The van der Waals surface area contributed by atoms with Gasteiger partial charge in [-0.05, 0) is 56.9 Å². The van der Waals surface area contributed by atoms with E-state index in [0.29, 0.717) is 29.0 Å². The highest BCUT2D eigenvalue weighted by Gasteiger charge is 2.26. The zero-order chi connectivity index (χ0) is 21.4. The van der Waals surface area contributed by atoms with Gasteiger partial charge in [-0.2, -0.15) is 5.10 Å². The zero-order valence-corrected chi connectivity index (χ0v) is 18.3. The van der Waals surface area contributed by atoms with Crippen molar-refractivity contribution in [2.24, 2.45) is 0 Å². The van der Waals surface area contributed by atoms with Gasteiger partial charge in [-0.25, -0.2) is 13.9 Å². The summed E-state index contributed by atoms with van der Waals surface area (Å²) in [5.74, 6) is -0.463. The average molecular weight is 429 g/mol. The first-order valence-corrected chi connectivity index (χ1v) is 10.9. The Labute approximate surface area is 180 Å². The van der Waals surface area contributed by atoms with E-state index in [0.717, 1.165) is 43.5 Å². The van der Waals surface area contributed by atoms with Crippen LogP contribution in [-0.4, -0.2) is 38.0 Å². The van der Waals surface area contributed by atoms with Crippen LogP contribution in [0, 0.1) is 12.7 Å². The number of benzene rings is 1. The van der Waals surface area contributed by atoms with Crippen LogP contribution in [0.2, 0.25) is 5.02 Å². The van der Waals surface area contributed by atoms with Gasteiger partial charge in [-0.3, -0.25) is 4.79 Å². The molecule has 7 heteroatoms. The van der Waals surface area contributed by atoms with Crippen LogP contribution in [-0.2, 0) is 6.42 Å². The molecule has 1 saturated heterocycles. The van der Waals surface area contributed by atoms with Crippen molar-refractivity contribution >= 4 is 23.2 Å². The number of fused-ring (bicyclic) bond motifs is 1. The van der Waals surface area contributed by atoms with E-state index in [1.165, 1.54) is 6.07 Å². The van der Waals surface area contributed by atoms with Crippen molar-refractivity contribution < 1.29 is 9.18 Å². The van der Waals surface area contributed by atoms with Crippen LogP contribution in [0.25, 0.3) is 16.9 Å². The summed E-state index contributed by atoms with van der Waals surface area (Å²) in [6.45, 7) is 6.64. The summed E-state index contributed by atoms with van der Waals surface area (Å²) in [5.41, 5.74) is 3.05. The summed E-state index contributed by atoms with van der Waals surface area (Å²) in [7, 11) is 0. The quantitative estimate of drug-likeness (QED) is 0.556. The fraction of sp³-hybridized carbons (Fsp3) is 0.435. The molecule has 1 atom stereocenters. The second-order valence-corrected chi connectivity index (χ2v) is 8.44. The number of hydrogen-bond donors (Lipinski definition) is 0. The molecule has 4 rings (SSSR count). The molecule has 0 radical (unpaired) electrons. The Bertz CT molecular complexity index is 1110. The summed E-state index contributed by atoms with van der Waals surface area (Å²) in [5, 5.41) is 4.80. The SMILES string of the molecule is CCc1cc(C(=O)N2CCCCCC2C)nc2c(Cl)c(-c3ccc(C)cc3F)nn12. The highest BCUT2D eigenvalue weighted by atomic mass is 35.5. The Morgan fingerprint density at radius 3 is 2.80 bits per heavy atom. The number of nitrogens with zero attached hydrogens (tertiary/aromatic N) is 4. The van der Waals surface area contributed by atoms with Crippen LogP contribution >= 0.6 is 11.6 Å². The Morgan fingerprint density at radius 1 is 1.27 bits per heavy atom. The molecule has 158 valence electrons. The molecule has 30 heavy (non-hydrogen) atoms. The lowest BCUT2D eigenvalue weighted by Crippen LogP contribution is -2.38. The first-order chi connectivity index (χ1) is 14.4. The van der Waals surface area contributed by atoms with Crippen LogP contribution in [0.5, 0.6) is 0 Å². The Morgan fingerprint density at radius 2 is 2.07 bits per heavy atom. The third-order valence-electron chi connectivity index (χ3n) is 5.88. The average Bonchev–Trinajstić information content (AvgIpc) is 2.90. The molecule has 1 aliphatic rings. The third kappa shape index (κ3) is 3.69. The number of likely N-dealkylation sites (tertiary alicyclic amines) is 1. The van der Waals surface area contributed by atoms with Gasteiger partial charge < -0.3 is 4.90 Å². The fourth-order valence-corrected chi connectivity index (χ4v) is 4.38. The summed E-state index contributed by atoms with van der Waals surface area (Å²) >= 11 is 6.61. The van der Waals surface area contributed by atoms with Crippen LogP contribution in [0.3, 0.4) is 0 Å². The zero-order valence-electron chi connectivity index (χ0n) is 17.6. The Balaban J connectivity index is 1.82. The molecule has 1 unspecified atom stereocenters. The molecule has 3 heterocycles. The standard InChI is InChI=1S/C23H26ClFN4O/c1-4-16-13-19(23(30)28-11-7-5-6-8-15(28)3)26-22-20(24)21(27-29(16)22)17-10-9-14(2)12-18(17)25/h9-10,12-13,15H,4-8,11H2,1-3H3. The number of carbonyl (C=O) groups excluding carboxylic acids is 1. The minimum Gasteiger partial charge on any atom is -0.335 e. The van der Waals surface area contributed by atoms with Gasteiger partial charge in [0.05, 0.1) is 0 Å². The smallest absolute Gasteiger partial charge is 0.272 e. The van der Waals surface area contributed by atoms with E-state index in [-0.39, 0.29) is 22.8 Å². The number of aryl methyl sites for hydroxylation is 2. The molecule has 0 N–H and O–H groups in total. The van der Waals surface area contributed by atoms with Gasteiger partial charge in [0.2, 0.25) is 0 Å². The van der Waals surface area contributed by atoms with Crippen molar-refractivity contribution in [3.8, 4) is 11.3 Å². The van der Waals surface area contributed by atoms with Gasteiger partial charge in [0.1, 0.15) is 22.2 Å². The number of halogens is 2. The second-order valence-electron chi connectivity index (χ2n) is 8.06. The second kappa shape index (κ2) is 8.34. The molecule has 0 aliphatic carbocycles. The monoisotopic (exact) mass is 428 g/mol. The van der Waals surface area contributed by atoms with Gasteiger partial charge in [0.25, 0.3) is 5.91 Å². The minimum absolute atomic E-state index is 0.0815. The number of carbonyl (C=O) groups is 1. The predicted molar refractivity (Wildman–Crippen MR) is 116 cm³/mol. The maximum Gasteiger partial charge on any atom is 0.272 e. The lowest BCUT2D eigenvalue weighted by Gasteiger charge is -2.27. The van der Waals surface area contributed by atoms with E-state index in [4.69, 9.17) is 11.6 Å². The summed E-state index contributed by atoms with van der Waals surface area (Å²) in [6, 6.07) is 6.92. The topological polar surface area (TPSA) is 50.5 Å². The van der Waals surface area contributed by atoms with Crippen LogP contribution < -0.4 is 0 Å². The molecule has 1 fully saturated rings. The van der Waals surface area contributed by atoms with Gasteiger partial charge >= 0.3 is 0 Å². The van der Waals surface area contributed by atoms with Crippen molar-refractivity contribution in [1.82, 2.24) is 19.5 Å². The minimum atomic E-state index is -0.381. The van der Waals surface area contributed by atoms with Crippen molar-refractivity contribution in [2.75, 3.05) is 6.54 Å². The fourth-order valence-electron chi connectivity index (χ4n) is 4.12. The molecular weight excluding hydrogens is 403 g/mol. The van der Waals surface area contributed by atoms with Gasteiger partial charge in [0.15, 0.2) is 5.65 Å². The number of aromatic nitrogens is 3. The first-order valence-electron chi connectivity index (χ1n) is 10.6. The lowest BCUT2D eigenvalue weighted by atomic mass is 10.1. The molecule has 3 aromatic rings. The first kappa shape index (κ1) is 20.8. The van der Waals surface area contributed by atoms with E-state index in [2.05, 4.69) is 17.0 Å². The van der Waals surface area contributed by atoms with Crippen LogP contribution in [0.4, 0.5) is 4.39 Å². The molecular formula is C23H26ClFN4O. The maximum absolute atomic E-state index is 14.6. The molecule has 2 aromatic heterocycles. The normalized spacial score (nSPS) is 17.4. The Kier molecular flexibility index (Phi) is 5.78. The van der Waals surface area contributed by atoms with Gasteiger partial charge in [-0.1, -0.05) is 37.4 Å². The summed E-state index contributed by atoms with van der Waals surface area (Å²) in [4.78, 5) is 19.8. The molecule has 1 aromatic carbocycles. The van der Waals surface area contributed by atoms with Gasteiger partial charge in [0, 0.05) is 23.8 Å². The van der Waals surface area contributed by atoms with E-state index < -0.39 is 0 Å². The molecule has 0 spiro atoms. The van der Waals surface area contributed by atoms with Crippen molar-refractivity contribution in [2.45, 2.75) is 58.9 Å². The molecule has 0 saturated carbocycles. The predicted octanol–water partition coefficient (Wildman–Crippen LogP) is 5.46. The molecule has 0 bridgehead atoms. The van der Waals surface area contributed by atoms with Crippen molar-refractivity contribution in [3.63, 3.8) is 0 Å². The number of amides is 1. The summed E-state index contributed by atoms with van der Waals surface area (Å²) < 4.78 is 16.2. The molecule has 1 aliphatic heterocycles.